The predicted octanol–water partition coefficient (Wildman–Crippen LogP) is 3.94. The summed E-state index contributed by atoms with van der Waals surface area (Å²) in [4.78, 5) is 0. The maximum absolute atomic E-state index is 7.00. The van der Waals surface area contributed by atoms with Crippen molar-refractivity contribution in [1.29, 1.82) is 0 Å². The Morgan fingerprint density at radius 2 is 0.710 bits per heavy atom. The zero-order valence-electron chi connectivity index (χ0n) is 18.9. The molecule has 0 aromatic carbocycles. The fourth-order valence-electron chi connectivity index (χ4n) is 18.4. The SMILES string of the molecule is CC1CC2C(N)C3C2C2C3C3C2C2C3C3C2C2C4C5C6C7C8C(C)C1C8C7C6C5C4C32. The van der Waals surface area contributed by atoms with Gasteiger partial charge in [0.15, 0.2) is 0 Å². The Morgan fingerprint density at radius 1 is 0.387 bits per heavy atom. The standard InChI is InChI=1S/C30H37N/c1-4-3-6-9-12-15-18-21-23-20-17-14-11-8-5(2)7(4)10(8)13(11)16(14)19(17)22(20)24(23)25(21)26(18)27(15)28(12)29(9)30(6)31/h4-30H,3,31H2,1-2H3. The van der Waals surface area contributed by atoms with Gasteiger partial charge in [-0.05, 0) is 160 Å². The van der Waals surface area contributed by atoms with Crippen LogP contribution >= 0.6 is 0 Å². The van der Waals surface area contributed by atoms with Crippen LogP contribution in [0, 0.1) is 154 Å². The van der Waals surface area contributed by atoms with Crippen molar-refractivity contribution in [2.75, 3.05) is 0 Å². The van der Waals surface area contributed by atoms with E-state index < -0.39 is 0 Å². The van der Waals surface area contributed by atoms with Gasteiger partial charge >= 0.3 is 0 Å². The summed E-state index contributed by atoms with van der Waals surface area (Å²) in [5, 5.41) is 0. The molecule has 1 heteroatoms. The molecule has 2 N–H and O–H groups in total. The lowest BCUT2D eigenvalue weighted by atomic mass is 9.05. The molecule has 0 saturated heterocycles. The number of rotatable bonds is 0. The number of hydrogen-bond acceptors (Lipinski definition) is 1. The molecule has 0 heterocycles. The van der Waals surface area contributed by atoms with E-state index in [-0.39, 0.29) is 0 Å². The van der Waals surface area contributed by atoms with Crippen molar-refractivity contribution < 1.29 is 0 Å². The van der Waals surface area contributed by atoms with E-state index >= 15 is 0 Å². The highest BCUT2D eigenvalue weighted by molar-refractivity contribution is 5.42. The first-order chi connectivity index (χ1) is 15.2. The largest absolute Gasteiger partial charge is 0.327 e. The predicted molar refractivity (Wildman–Crippen MR) is 115 cm³/mol. The molecule has 162 valence electrons. The summed E-state index contributed by atoms with van der Waals surface area (Å²) in [6.07, 6.45) is 1.52. The third-order valence-electron chi connectivity index (χ3n) is 18.2. The lowest BCUT2D eigenvalue weighted by molar-refractivity contribution is -0.523. The third kappa shape index (κ3) is 0.963. The molecule has 15 saturated carbocycles. The van der Waals surface area contributed by atoms with Crippen LogP contribution in [0.3, 0.4) is 0 Å². The van der Waals surface area contributed by atoms with Gasteiger partial charge in [0.2, 0.25) is 0 Å². The zero-order valence-corrected chi connectivity index (χ0v) is 18.9. The molecule has 15 aliphatic rings. The lowest BCUT2D eigenvalue weighted by Gasteiger charge is -2.99. The second kappa shape index (κ2) is 3.74. The van der Waals surface area contributed by atoms with Crippen LogP contribution in [0.25, 0.3) is 0 Å². The molecule has 27 unspecified atom stereocenters. The van der Waals surface area contributed by atoms with Crippen LogP contribution in [0.2, 0.25) is 0 Å². The minimum atomic E-state index is 0.608. The Morgan fingerprint density at radius 3 is 1.16 bits per heavy atom. The summed E-state index contributed by atoms with van der Waals surface area (Å²) in [6, 6.07) is 0.608. The van der Waals surface area contributed by atoms with E-state index in [0.29, 0.717) is 6.04 Å². The van der Waals surface area contributed by atoms with Crippen molar-refractivity contribution in [3.05, 3.63) is 0 Å². The van der Waals surface area contributed by atoms with Crippen molar-refractivity contribution >= 4 is 0 Å². The molecule has 0 aliphatic heterocycles. The first-order valence-corrected chi connectivity index (χ1v) is 15.0. The van der Waals surface area contributed by atoms with E-state index in [1.807, 2.05) is 0 Å². The molecule has 0 radical (unpaired) electrons. The molecule has 0 aromatic heterocycles. The summed E-state index contributed by atoms with van der Waals surface area (Å²) in [5.41, 5.74) is 7.00. The highest BCUT2D eigenvalue weighted by atomic mass is 15.0. The highest BCUT2D eigenvalue weighted by Crippen LogP contribution is 2.98. The maximum Gasteiger partial charge on any atom is 0.0104 e. The maximum atomic E-state index is 7.00. The van der Waals surface area contributed by atoms with E-state index in [2.05, 4.69) is 13.8 Å². The molecule has 0 amide bonds. The van der Waals surface area contributed by atoms with Crippen molar-refractivity contribution in [1.82, 2.24) is 0 Å². The van der Waals surface area contributed by atoms with Gasteiger partial charge in [0.25, 0.3) is 0 Å². The first kappa shape index (κ1) is 15.1. The van der Waals surface area contributed by atoms with E-state index in [0.717, 1.165) is 41.4 Å². The third-order valence-corrected chi connectivity index (χ3v) is 18.2. The zero-order chi connectivity index (χ0) is 19.3. The smallest absolute Gasteiger partial charge is 0.0104 e. The van der Waals surface area contributed by atoms with Gasteiger partial charge < -0.3 is 5.73 Å². The van der Waals surface area contributed by atoms with Gasteiger partial charge in [-0.25, -0.2) is 0 Å². The van der Waals surface area contributed by atoms with Crippen molar-refractivity contribution in [2.24, 2.45) is 160 Å². The van der Waals surface area contributed by atoms with Crippen LogP contribution in [0.1, 0.15) is 20.3 Å². The molecule has 0 spiro atoms. The molecule has 27 atom stereocenters. The first-order valence-electron chi connectivity index (χ1n) is 15.0. The average Bonchev–Trinajstić information content (AvgIpc) is 2.69. The van der Waals surface area contributed by atoms with Crippen molar-refractivity contribution in [3.63, 3.8) is 0 Å². The number of nitrogens with two attached hydrogens (primary N) is 1. The summed E-state index contributed by atoms with van der Waals surface area (Å²) in [5.74, 6) is 31.0. The van der Waals surface area contributed by atoms with Crippen molar-refractivity contribution in [3.8, 4) is 0 Å². The van der Waals surface area contributed by atoms with Gasteiger partial charge in [-0.3, -0.25) is 0 Å². The Balaban J connectivity index is 0.957. The van der Waals surface area contributed by atoms with Crippen LogP contribution < -0.4 is 5.73 Å². The van der Waals surface area contributed by atoms with Gasteiger partial charge in [0, 0.05) is 6.04 Å². The average molecular weight is 412 g/mol. The quantitative estimate of drug-likeness (QED) is 0.642. The Hall–Kier alpha value is -0.0400. The summed E-state index contributed by atoms with van der Waals surface area (Å²) in [6.45, 7) is 5.38. The monoisotopic (exact) mass is 411 g/mol. The van der Waals surface area contributed by atoms with Crippen LogP contribution in [-0.2, 0) is 0 Å². The Bertz CT molecular complexity index is 1030. The Kier molecular flexibility index (Phi) is 1.82. The van der Waals surface area contributed by atoms with Crippen LogP contribution in [0.15, 0.2) is 0 Å². The fraction of sp³-hybridized carbons (Fsp3) is 1.00. The highest BCUT2D eigenvalue weighted by Gasteiger charge is 2.95. The minimum Gasteiger partial charge on any atom is -0.327 e. The van der Waals surface area contributed by atoms with E-state index in [1.54, 1.807) is 0 Å². The second-order valence-corrected chi connectivity index (χ2v) is 16.6. The molecule has 0 aromatic rings. The normalized spacial score (nSPS) is 95.1. The van der Waals surface area contributed by atoms with E-state index in [9.17, 15) is 0 Å². The van der Waals surface area contributed by atoms with Crippen LogP contribution in [0.5, 0.6) is 0 Å². The van der Waals surface area contributed by atoms with Gasteiger partial charge in [0.05, 0.1) is 0 Å². The van der Waals surface area contributed by atoms with Gasteiger partial charge in [0.1, 0.15) is 0 Å². The molecule has 1 nitrogen and oxygen atoms in total. The lowest BCUT2D eigenvalue weighted by Crippen LogP contribution is -2.96. The van der Waals surface area contributed by atoms with E-state index in [4.69, 9.17) is 5.73 Å². The molecule has 15 rings (SSSR count). The number of hydrogen-bond donors (Lipinski definition) is 1. The van der Waals surface area contributed by atoms with Gasteiger partial charge in [-0.15, -0.1) is 0 Å². The second-order valence-electron chi connectivity index (χ2n) is 16.6. The van der Waals surface area contributed by atoms with Crippen LogP contribution in [0.4, 0.5) is 0 Å². The Labute approximate surface area is 186 Å². The molecule has 15 aliphatic carbocycles. The summed E-state index contributed by atoms with van der Waals surface area (Å²) in [7, 11) is 0. The molecule has 15 fully saturated rings. The minimum absolute atomic E-state index is 0.608. The van der Waals surface area contributed by atoms with Gasteiger partial charge in [-0.2, -0.15) is 0 Å². The topological polar surface area (TPSA) is 26.0 Å². The molecular formula is C30H37N. The molecule has 31 heavy (non-hydrogen) atoms. The fourth-order valence-corrected chi connectivity index (χ4v) is 18.4. The van der Waals surface area contributed by atoms with Crippen molar-refractivity contribution in [2.45, 2.75) is 26.3 Å². The van der Waals surface area contributed by atoms with Crippen LogP contribution in [-0.4, -0.2) is 6.04 Å². The molecular weight excluding hydrogens is 374 g/mol. The molecule has 8 bridgehead atoms. The summed E-state index contributed by atoms with van der Waals surface area (Å²) < 4.78 is 0. The summed E-state index contributed by atoms with van der Waals surface area (Å²) >= 11 is 0. The van der Waals surface area contributed by atoms with Gasteiger partial charge in [-0.1, -0.05) is 13.8 Å². The van der Waals surface area contributed by atoms with E-state index in [1.165, 1.54) is 119 Å².